The number of hydrogen-bond donors (Lipinski definition) is 1. The van der Waals surface area contributed by atoms with Crippen LogP contribution in [0.4, 0.5) is 10.1 Å². The maximum Gasteiger partial charge on any atom is 0.174 e. The van der Waals surface area contributed by atoms with Crippen LogP contribution >= 0.6 is 11.6 Å². The molecule has 0 unspecified atom stereocenters. The second-order valence-electron chi connectivity index (χ2n) is 6.70. The van der Waals surface area contributed by atoms with Gasteiger partial charge in [-0.05, 0) is 48.9 Å². The first-order chi connectivity index (χ1) is 14.5. The number of nitrogens with zero attached hydrogens (tertiary/aromatic N) is 5. The van der Waals surface area contributed by atoms with Gasteiger partial charge in [-0.3, -0.25) is 0 Å². The highest BCUT2D eigenvalue weighted by molar-refractivity contribution is 6.29. The SMILES string of the molecule is Cc1cc(-c2nc3ccc(Cl)nc3c(N)c2F)ccc1Oc1ccn2ncnc2c1. The van der Waals surface area contributed by atoms with Crippen molar-refractivity contribution in [3.8, 4) is 22.8 Å². The van der Waals surface area contributed by atoms with E-state index in [4.69, 9.17) is 22.1 Å². The lowest BCUT2D eigenvalue weighted by molar-refractivity contribution is 0.478. The van der Waals surface area contributed by atoms with Crippen LogP contribution in [0.15, 0.2) is 55.0 Å². The molecule has 0 amide bonds. The zero-order chi connectivity index (χ0) is 20.8. The molecule has 30 heavy (non-hydrogen) atoms. The molecular formula is C21H14ClFN6O. The molecular weight excluding hydrogens is 407 g/mol. The third kappa shape index (κ3) is 3.07. The van der Waals surface area contributed by atoms with Crippen LogP contribution in [0.1, 0.15) is 5.56 Å². The minimum Gasteiger partial charge on any atom is -0.457 e. The number of aryl methyl sites for hydroxylation is 1. The number of fused-ring (bicyclic) bond motifs is 2. The molecule has 0 saturated heterocycles. The van der Waals surface area contributed by atoms with Gasteiger partial charge in [0.1, 0.15) is 34.2 Å². The second kappa shape index (κ2) is 6.93. The average molecular weight is 421 g/mol. The summed E-state index contributed by atoms with van der Waals surface area (Å²) in [6, 6.07) is 12.1. The summed E-state index contributed by atoms with van der Waals surface area (Å²) in [7, 11) is 0. The molecule has 0 bridgehead atoms. The molecule has 0 aliphatic carbocycles. The van der Waals surface area contributed by atoms with Crippen LogP contribution in [0.25, 0.3) is 27.9 Å². The third-order valence-corrected chi connectivity index (χ3v) is 4.91. The molecule has 0 atom stereocenters. The fraction of sp³-hybridized carbons (Fsp3) is 0.0476. The van der Waals surface area contributed by atoms with Crippen molar-refractivity contribution in [3.63, 3.8) is 0 Å². The van der Waals surface area contributed by atoms with Gasteiger partial charge in [0.15, 0.2) is 11.5 Å². The Bertz CT molecular complexity index is 1430. The first-order valence-electron chi connectivity index (χ1n) is 8.99. The van der Waals surface area contributed by atoms with Gasteiger partial charge in [-0.2, -0.15) is 5.10 Å². The first kappa shape index (κ1) is 18.3. The van der Waals surface area contributed by atoms with Crippen molar-refractivity contribution in [1.82, 2.24) is 24.6 Å². The van der Waals surface area contributed by atoms with E-state index in [-0.39, 0.29) is 22.1 Å². The van der Waals surface area contributed by atoms with Crippen molar-refractivity contribution in [1.29, 1.82) is 0 Å². The first-order valence-corrected chi connectivity index (χ1v) is 9.37. The minimum absolute atomic E-state index is 0.0860. The van der Waals surface area contributed by atoms with E-state index in [9.17, 15) is 4.39 Å². The second-order valence-corrected chi connectivity index (χ2v) is 7.08. The van der Waals surface area contributed by atoms with Gasteiger partial charge >= 0.3 is 0 Å². The maximum atomic E-state index is 14.9. The van der Waals surface area contributed by atoms with Crippen LogP contribution in [0.3, 0.4) is 0 Å². The molecule has 0 saturated carbocycles. The van der Waals surface area contributed by atoms with Crippen molar-refractivity contribution in [2.24, 2.45) is 0 Å². The lowest BCUT2D eigenvalue weighted by Gasteiger charge is -2.12. The molecule has 9 heteroatoms. The highest BCUT2D eigenvalue weighted by Crippen LogP contribution is 2.33. The summed E-state index contributed by atoms with van der Waals surface area (Å²) in [6.45, 7) is 1.87. The van der Waals surface area contributed by atoms with Crippen molar-refractivity contribution in [2.45, 2.75) is 6.92 Å². The fourth-order valence-electron chi connectivity index (χ4n) is 3.21. The molecule has 0 fully saturated rings. The summed E-state index contributed by atoms with van der Waals surface area (Å²) in [5.74, 6) is 0.612. The zero-order valence-electron chi connectivity index (χ0n) is 15.7. The normalized spacial score (nSPS) is 11.3. The molecule has 5 aromatic rings. The average Bonchev–Trinajstić information content (AvgIpc) is 3.20. The summed E-state index contributed by atoms with van der Waals surface area (Å²) in [5, 5.41) is 4.28. The smallest absolute Gasteiger partial charge is 0.174 e. The Morgan fingerprint density at radius 1 is 1.10 bits per heavy atom. The van der Waals surface area contributed by atoms with Gasteiger partial charge in [0.2, 0.25) is 0 Å². The highest BCUT2D eigenvalue weighted by Gasteiger charge is 2.17. The van der Waals surface area contributed by atoms with Crippen molar-refractivity contribution >= 4 is 34.0 Å². The number of benzene rings is 1. The molecule has 4 aromatic heterocycles. The Hall–Kier alpha value is -3.78. The van der Waals surface area contributed by atoms with E-state index in [2.05, 4.69) is 20.1 Å². The van der Waals surface area contributed by atoms with Crippen molar-refractivity contribution in [3.05, 3.63) is 71.5 Å². The molecule has 0 aliphatic heterocycles. The van der Waals surface area contributed by atoms with E-state index >= 15 is 0 Å². The Morgan fingerprint density at radius 3 is 2.80 bits per heavy atom. The number of ether oxygens (including phenoxy) is 1. The summed E-state index contributed by atoms with van der Waals surface area (Å²) in [5.41, 5.74) is 8.78. The summed E-state index contributed by atoms with van der Waals surface area (Å²) < 4.78 is 22.5. The lowest BCUT2D eigenvalue weighted by atomic mass is 10.1. The number of nitrogen functional groups attached to an aromatic ring is 1. The van der Waals surface area contributed by atoms with Crippen LogP contribution in [0, 0.1) is 12.7 Å². The van der Waals surface area contributed by atoms with E-state index < -0.39 is 5.82 Å². The maximum absolute atomic E-state index is 14.9. The van der Waals surface area contributed by atoms with E-state index in [1.807, 2.05) is 6.92 Å². The predicted octanol–water partition coefficient (Wildman–Crippen LogP) is 4.81. The van der Waals surface area contributed by atoms with Crippen LogP contribution < -0.4 is 10.5 Å². The van der Waals surface area contributed by atoms with Gasteiger partial charge in [0.25, 0.3) is 0 Å². The van der Waals surface area contributed by atoms with Crippen molar-refractivity contribution in [2.75, 3.05) is 5.73 Å². The van der Waals surface area contributed by atoms with Gasteiger partial charge in [-0.1, -0.05) is 11.6 Å². The Labute approximate surface area is 174 Å². The van der Waals surface area contributed by atoms with Crippen LogP contribution in [-0.4, -0.2) is 24.6 Å². The predicted molar refractivity (Wildman–Crippen MR) is 112 cm³/mol. The molecule has 0 aliphatic rings. The van der Waals surface area contributed by atoms with E-state index in [0.29, 0.717) is 28.2 Å². The number of aromatic nitrogens is 5. The number of halogens is 2. The Kier molecular flexibility index (Phi) is 4.22. The minimum atomic E-state index is -0.636. The van der Waals surface area contributed by atoms with E-state index in [1.54, 1.807) is 53.2 Å². The number of anilines is 1. The number of rotatable bonds is 3. The highest BCUT2D eigenvalue weighted by atomic mass is 35.5. The molecule has 4 heterocycles. The van der Waals surface area contributed by atoms with Gasteiger partial charge in [0.05, 0.1) is 11.2 Å². The van der Waals surface area contributed by atoms with Gasteiger partial charge in [-0.25, -0.2) is 23.9 Å². The van der Waals surface area contributed by atoms with Crippen molar-refractivity contribution < 1.29 is 9.13 Å². The lowest BCUT2D eigenvalue weighted by Crippen LogP contribution is -2.01. The van der Waals surface area contributed by atoms with E-state index in [1.165, 1.54) is 6.33 Å². The quantitative estimate of drug-likeness (QED) is 0.421. The summed E-state index contributed by atoms with van der Waals surface area (Å²) in [6.07, 6.45) is 3.23. The largest absolute Gasteiger partial charge is 0.457 e. The molecule has 7 nitrogen and oxygen atoms in total. The summed E-state index contributed by atoms with van der Waals surface area (Å²) >= 11 is 5.89. The molecule has 1 aromatic carbocycles. The molecule has 148 valence electrons. The number of nitrogens with two attached hydrogens (primary N) is 1. The monoisotopic (exact) mass is 420 g/mol. The molecule has 2 N–H and O–H groups in total. The van der Waals surface area contributed by atoms with Gasteiger partial charge in [0, 0.05) is 17.8 Å². The fourth-order valence-corrected chi connectivity index (χ4v) is 3.35. The van der Waals surface area contributed by atoms with E-state index in [0.717, 1.165) is 5.56 Å². The number of pyridine rings is 3. The van der Waals surface area contributed by atoms with Gasteiger partial charge < -0.3 is 10.5 Å². The van der Waals surface area contributed by atoms with Crippen LogP contribution in [-0.2, 0) is 0 Å². The Balaban J connectivity index is 1.52. The molecule has 0 radical (unpaired) electrons. The third-order valence-electron chi connectivity index (χ3n) is 4.70. The standard InChI is InChI=1S/C21H14ClFN6O/c1-11-8-12(20-18(23)19(24)21-14(27-20)3-5-16(22)28-21)2-4-15(11)30-13-6-7-29-17(9-13)25-10-26-29/h2-10H,1H3,(H2,24,27). The molecule has 5 rings (SSSR count). The Morgan fingerprint density at radius 2 is 1.97 bits per heavy atom. The van der Waals surface area contributed by atoms with Crippen LogP contribution in [0.2, 0.25) is 5.15 Å². The van der Waals surface area contributed by atoms with Crippen LogP contribution in [0.5, 0.6) is 11.5 Å². The summed E-state index contributed by atoms with van der Waals surface area (Å²) in [4.78, 5) is 12.6. The topological polar surface area (TPSA) is 91.2 Å². The van der Waals surface area contributed by atoms with Gasteiger partial charge in [-0.15, -0.1) is 0 Å². The number of hydrogen-bond acceptors (Lipinski definition) is 6. The zero-order valence-corrected chi connectivity index (χ0v) is 16.4. The molecule has 0 spiro atoms.